The fourth-order valence-electron chi connectivity index (χ4n) is 10.0. The van der Waals surface area contributed by atoms with Crippen LogP contribution in [0.4, 0.5) is 0 Å². The SMILES string of the molecule is CC(C)(C)[Si](C#CC1=C([Si](c2ccccc2)(c2ccccc2)C(C)(C)C)C(N)=C2C1=N[C@@H](c1cccs1)C(C#N)(C#N)[C@@H]2c1cccs1)(c1ccccc1)c1ccccc1. The third-order valence-corrected chi connectivity index (χ3v) is 25.5. The lowest BCUT2D eigenvalue weighted by Gasteiger charge is -2.46. The Morgan fingerprint density at radius 1 is 0.600 bits per heavy atom. The van der Waals surface area contributed by atoms with E-state index in [4.69, 9.17) is 10.7 Å². The number of nitriles is 2. The van der Waals surface area contributed by atoms with Crippen molar-refractivity contribution in [3.8, 4) is 23.6 Å². The monoisotopic (exact) mass is 848 g/mol. The van der Waals surface area contributed by atoms with Crippen LogP contribution >= 0.6 is 22.7 Å². The molecule has 0 bridgehead atoms. The van der Waals surface area contributed by atoms with Crippen molar-refractivity contribution in [3.05, 3.63) is 188 Å². The molecule has 0 spiro atoms. The number of hydrogen-bond acceptors (Lipinski definition) is 6. The third kappa shape index (κ3) is 6.23. The van der Waals surface area contributed by atoms with E-state index in [9.17, 15) is 10.5 Å². The molecule has 3 heterocycles. The number of fused-ring (bicyclic) bond motifs is 1. The topological polar surface area (TPSA) is 86.0 Å². The van der Waals surface area contributed by atoms with E-state index >= 15 is 0 Å². The molecule has 296 valence electrons. The number of nitrogens with two attached hydrogens (primary N) is 1. The summed E-state index contributed by atoms with van der Waals surface area (Å²) in [5.74, 6) is 3.36. The molecule has 2 aromatic heterocycles. The Labute approximate surface area is 365 Å². The van der Waals surface area contributed by atoms with E-state index in [1.54, 1.807) is 11.3 Å². The normalized spacial score (nSPS) is 17.8. The van der Waals surface area contributed by atoms with Gasteiger partial charge in [0.2, 0.25) is 8.07 Å². The third-order valence-electron chi connectivity index (χ3n) is 12.6. The Bertz CT molecular complexity index is 2660. The van der Waals surface area contributed by atoms with Gasteiger partial charge in [-0.3, -0.25) is 4.99 Å². The van der Waals surface area contributed by atoms with E-state index in [2.05, 4.69) is 186 Å². The summed E-state index contributed by atoms with van der Waals surface area (Å²) in [4.78, 5) is 7.42. The molecule has 8 heteroatoms. The summed E-state index contributed by atoms with van der Waals surface area (Å²) in [6.45, 7) is 14.0. The van der Waals surface area contributed by atoms with Crippen molar-refractivity contribution in [2.45, 2.75) is 63.6 Å². The minimum atomic E-state index is -3.23. The first-order chi connectivity index (χ1) is 28.9. The number of rotatable bonds is 7. The van der Waals surface area contributed by atoms with E-state index in [-0.39, 0.29) is 10.1 Å². The van der Waals surface area contributed by atoms with Crippen molar-refractivity contribution in [3.63, 3.8) is 0 Å². The van der Waals surface area contributed by atoms with Crippen molar-refractivity contribution in [1.82, 2.24) is 0 Å². The van der Waals surface area contributed by atoms with E-state index in [1.165, 1.54) is 32.1 Å². The van der Waals surface area contributed by atoms with Gasteiger partial charge in [0.25, 0.3) is 0 Å². The van der Waals surface area contributed by atoms with Gasteiger partial charge in [-0.15, -0.1) is 28.2 Å². The minimum absolute atomic E-state index is 0.245. The summed E-state index contributed by atoms with van der Waals surface area (Å²) in [5, 5.41) is 32.1. The number of hydrogen-bond donors (Lipinski definition) is 1. The first-order valence-corrected chi connectivity index (χ1v) is 26.1. The molecular formula is C52H48N4S2Si2. The molecule has 4 nitrogen and oxygen atoms in total. The summed E-state index contributed by atoms with van der Waals surface area (Å²) < 4.78 is 0. The Morgan fingerprint density at radius 2 is 1.05 bits per heavy atom. The molecule has 8 rings (SSSR count). The second-order valence-electron chi connectivity index (χ2n) is 17.7. The Morgan fingerprint density at radius 3 is 1.45 bits per heavy atom. The van der Waals surface area contributed by atoms with Crippen LogP contribution in [0.1, 0.15) is 63.3 Å². The summed E-state index contributed by atoms with van der Waals surface area (Å²) in [7, 11) is -6.20. The quantitative estimate of drug-likeness (QED) is 0.128. The van der Waals surface area contributed by atoms with Crippen LogP contribution in [0.2, 0.25) is 10.1 Å². The van der Waals surface area contributed by atoms with Gasteiger partial charge in [-0.05, 0) is 58.9 Å². The first kappa shape index (κ1) is 41.0. The van der Waals surface area contributed by atoms with Gasteiger partial charge in [-0.25, -0.2) is 0 Å². The zero-order chi connectivity index (χ0) is 42.3. The molecule has 2 N–H and O–H groups in total. The van der Waals surface area contributed by atoms with Crippen LogP contribution in [0.5, 0.6) is 0 Å². The summed E-state index contributed by atoms with van der Waals surface area (Å²) in [6, 6.07) is 55.7. The Kier molecular flexibility index (Phi) is 10.7. The molecule has 1 aliphatic heterocycles. The Hall–Kier alpha value is -5.80. The molecule has 2 aliphatic rings. The highest BCUT2D eigenvalue weighted by molar-refractivity contribution is 7.12. The van der Waals surface area contributed by atoms with Crippen molar-refractivity contribution < 1.29 is 0 Å². The van der Waals surface area contributed by atoms with Gasteiger partial charge in [-0.1, -0.05) is 181 Å². The lowest BCUT2D eigenvalue weighted by molar-refractivity contribution is 0.370. The minimum Gasteiger partial charge on any atom is -0.398 e. The first-order valence-electron chi connectivity index (χ1n) is 20.3. The summed E-state index contributed by atoms with van der Waals surface area (Å²) in [6.07, 6.45) is 0. The maximum atomic E-state index is 11.4. The zero-order valence-electron chi connectivity index (χ0n) is 34.9. The standard InChI is InChI=1S/C52H48N4S2Si2/c1-50(2,3)59(37-21-11-7-12-22-37,38-23-13-8-14-24-38)34-31-41-47-44(45(42-29-19-32-57-42)52(35-53,36-54)49(56-47)43-30-20-33-58-43)46(55)48(41)60(51(4,5)6,39-25-15-9-16-26-39)40-27-17-10-18-28-40/h7-30,32-33,45,49H,55H2,1-6H3/t45-,49+/m1/s1. The predicted molar refractivity (Wildman–Crippen MR) is 256 cm³/mol. The summed E-state index contributed by atoms with van der Waals surface area (Å²) in [5.41, 5.74) is 13.4. The van der Waals surface area contributed by atoms with Crippen LogP contribution < -0.4 is 26.5 Å². The molecule has 0 saturated heterocycles. The molecule has 0 fully saturated rings. The molecule has 2 atom stereocenters. The molecule has 0 unspecified atom stereocenters. The van der Waals surface area contributed by atoms with E-state index < -0.39 is 33.5 Å². The van der Waals surface area contributed by atoms with Crippen LogP contribution in [-0.2, 0) is 0 Å². The largest absolute Gasteiger partial charge is 0.398 e. The van der Waals surface area contributed by atoms with Gasteiger partial charge in [-0.2, -0.15) is 10.5 Å². The molecule has 60 heavy (non-hydrogen) atoms. The van der Waals surface area contributed by atoms with Crippen LogP contribution in [0.25, 0.3) is 0 Å². The van der Waals surface area contributed by atoms with Crippen molar-refractivity contribution >= 4 is 65.3 Å². The van der Waals surface area contributed by atoms with Gasteiger partial charge >= 0.3 is 0 Å². The lowest BCUT2D eigenvalue weighted by Crippen LogP contribution is -2.66. The second kappa shape index (κ2) is 15.7. The van der Waals surface area contributed by atoms with E-state index in [1.807, 2.05) is 35.0 Å². The highest BCUT2D eigenvalue weighted by Crippen LogP contribution is 2.60. The second-order valence-corrected chi connectivity index (χ2v) is 28.7. The Balaban J connectivity index is 1.60. The van der Waals surface area contributed by atoms with Crippen molar-refractivity contribution in [2.24, 2.45) is 16.1 Å². The van der Waals surface area contributed by atoms with Gasteiger partial charge in [0.1, 0.15) is 6.04 Å². The van der Waals surface area contributed by atoms with Crippen molar-refractivity contribution in [2.75, 3.05) is 0 Å². The number of thiophene rings is 2. The fraction of sp³-hybridized carbons (Fsp3) is 0.212. The van der Waals surface area contributed by atoms with Gasteiger partial charge in [0, 0.05) is 21.0 Å². The molecule has 4 aromatic carbocycles. The number of allylic oxidation sites excluding steroid dienone is 3. The molecule has 6 aromatic rings. The van der Waals surface area contributed by atoms with Crippen LogP contribution in [0.15, 0.2) is 183 Å². The number of nitrogens with zero attached hydrogens (tertiary/aromatic N) is 3. The molecule has 1 aliphatic carbocycles. The highest BCUT2D eigenvalue weighted by Gasteiger charge is 2.61. The summed E-state index contributed by atoms with van der Waals surface area (Å²) >= 11 is 3.08. The molecular weight excluding hydrogens is 801 g/mol. The molecule has 0 saturated carbocycles. The van der Waals surface area contributed by atoms with Gasteiger partial charge < -0.3 is 5.73 Å². The average molecular weight is 849 g/mol. The van der Waals surface area contributed by atoms with E-state index in [0.29, 0.717) is 11.4 Å². The maximum Gasteiger partial charge on any atom is 0.204 e. The molecule has 0 amide bonds. The van der Waals surface area contributed by atoms with E-state index in [0.717, 1.165) is 26.1 Å². The number of benzene rings is 4. The van der Waals surface area contributed by atoms with Crippen molar-refractivity contribution in [1.29, 1.82) is 10.5 Å². The highest BCUT2D eigenvalue weighted by atomic mass is 32.1. The fourth-order valence-corrected chi connectivity index (χ4v) is 22.1. The van der Waals surface area contributed by atoms with Crippen LogP contribution in [-0.4, -0.2) is 21.9 Å². The molecule has 0 radical (unpaired) electrons. The van der Waals surface area contributed by atoms with Gasteiger partial charge in [0.05, 0.1) is 29.3 Å². The number of aliphatic imine (C=N–C) groups is 1. The zero-order valence-corrected chi connectivity index (χ0v) is 38.5. The average Bonchev–Trinajstić information content (AvgIpc) is 4.04. The lowest BCUT2D eigenvalue weighted by atomic mass is 9.64. The maximum absolute atomic E-state index is 11.4. The van der Waals surface area contributed by atoms with Crippen LogP contribution in [0, 0.1) is 39.5 Å². The van der Waals surface area contributed by atoms with Crippen LogP contribution in [0.3, 0.4) is 0 Å². The van der Waals surface area contributed by atoms with Gasteiger partial charge in [0.15, 0.2) is 13.5 Å². The predicted octanol–water partition coefficient (Wildman–Crippen LogP) is 9.85. The smallest absolute Gasteiger partial charge is 0.204 e.